The second-order valence-corrected chi connectivity index (χ2v) is 2.92. The Kier molecular flexibility index (Phi) is 3.42. The molecule has 0 aliphatic heterocycles. The standard InChI is InChI=1S/C8H14O4/c1-5(2)7(11)8(12,4-9)6(3)10/h9,11-12H,4H2,1-3H3. The monoisotopic (exact) mass is 174 g/mol. The molecule has 0 aromatic carbocycles. The van der Waals surface area contributed by atoms with Gasteiger partial charge in [0.15, 0.2) is 5.78 Å². The first-order chi connectivity index (χ1) is 5.36. The molecular formula is C8H14O4. The van der Waals surface area contributed by atoms with E-state index in [0.717, 1.165) is 6.92 Å². The van der Waals surface area contributed by atoms with Crippen LogP contribution in [0.5, 0.6) is 0 Å². The molecule has 12 heavy (non-hydrogen) atoms. The van der Waals surface area contributed by atoms with Crippen molar-refractivity contribution in [3.05, 3.63) is 11.3 Å². The van der Waals surface area contributed by atoms with Gasteiger partial charge in [0.1, 0.15) is 5.76 Å². The van der Waals surface area contributed by atoms with Gasteiger partial charge in [-0.15, -0.1) is 0 Å². The molecule has 3 N–H and O–H groups in total. The number of aliphatic hydroxyl groups is 3. The quantitative estimate of drug-likeness (QED) is 0.532. The zero-order valence-electron chi connectivity index (χ0n) is 7.46. The van der Waals surface area contributed by atoms with Crippen molar-refractivity contribution in [2.45, 2.75) is 26.4 Å². The largest absolute Gasteiger partial charge is 0.509 e. The summed E-state index contributed by atoms with van der Waals surface area (Å²) >= 11 is 0. The first-order valence-electron chi connectivity index (χ1n) is 3.57. The highest BCUT2D eigenvalue weighted by molar-refractivity contribution is 5.87. The maximum absolute atomic E-state index is 10.8. The van der Waals surface area contributed by atoms with Crippen LogP contribution >= 0.6 is 0 Å². The number of rotatable bonds is 3. The lowest BCUT2D eigenvalue weighted by molar-refractivity contribution is -0.138. The van der Waals surface area contributed by atoms with E-state index in [4.69, 9.17) is 5.11 Å². The molecule has 1 atom stereocenters. The molecule has 0 aliphatic carbocycles. The van der Waals surface area contributed by atoms with Gasteiger partial charge >= 0.3 is 0 Å². The SMILES string of the molecule is CC(=O)C(O)(CO)C(O)=C(C)C. The van der Waals surface area contributed by atoms with E-state index in [1.54, 1.807) is 13.8 Å². The molecule has 0 heterocycles. The van der Waals surface area contributed by atoms with Crippen LogP contribution in [0.1, 0.15) is 20.8 Å². The highest BCUT2D eigenvalue weighted by Crippen LogP contribution is 2.18. The molecule has 0 fully saturated rings. The Morgan fingerprint density at radius 3 is 1.83 bits per heavy atom. The Hall–Kier alpha value is -0.870. The summed E-state index contributed by atoms with van der Waals surface area (Å²) in [5, 5.41) is 27.4. The van der Waals surface area contributed by atoms with Crippen molar-refractivity contribution in [3.8, 4) is 0 Å². The van der Waals surface area contributed by atoms with Gasteiger partial charge in [-0.05, 0) is 26.3 Å². The first kappa shape index (κ1) is 11.1. The van der Waals surface area contributed by atoms with Gasteiger partial charge in [0.25, 0.3) is 0 Å². The summed E-state index contributed by atoms with van der Waals surface area (Å²) in [6.07, 6.45) is 0. The van der Waals surface area contributed by atoms with Crippen molar-refractivity contribution in [1.29, 1.82) is 0 Å². The van der Waals surface area contributed by atoms with Crippen LogP contribution in [-0.2, 0) is 4.79 Å². The second-order valence-electron chi connectivity index (χ2n) is 2.92. The summed E-state index contributed by atoms with van der Waals surface area (Å²) in [5.74, 6) is -1.15. The number of allylic oxidation sites excluding steroid dienone is 1. The van der Waals surface area contributed by atoms with Crippen molar-refractivity contribution in [1.82, 2.24) is 0 Å². The molecule has 0 radical (unpaired) electrons. The summed E-state index contributed by atoms with van der Waals surface area (Å²) in [6.45, 7) is 3.38. The van der Waals surface area contributed by atoms with Crippen LogP contribution in [0, 0.1) is 0 Å². The minimum absolute atomic E-state index is 0.404. The smallest absolute Gasteiger partial charge is 0.202 e. The van der Waals surface area contributed by atoms with Gasteiger partial charge in [0.2, 0.25) is 5.60 Å². The normalized spacial score (nSPS) is 15.1. The fraction of sp³-hybridized carbons (Fsp3) is 0.625. The molecule has 0 spiro atoms. The topological polar surface area (TPSA) is 77.8 Å². The Bertz CT molecular complexity index is 215. The lowest BCUT2D eigenvalue weighted by atomic mass is 9.95. The molecule has 0 amide bonds. The Balaban J connectivity index is 5.03. The highest BCUT2D eigenvalue weighted by Gasteiger charge is 2.37. The Labute approximate surface area is 71.1 Å². The van der Waals surface area contributed by atoms with Crippen molar-refractivity contribution in [3.63, 3.8) is 0 Å². The summed E-state index contributed by atoms with van der Waals surface area (Å²) < 4.78 is 0. The lowest BCUT2D eigenvalue weighted by Crippen LogP contribution is -2.43. The summed E-state index contributed by atoms with van der Waals surface area (Å²) in [7, 11) is 0. The molecule has 4 nitrogen and oxygen atoms in total. The third-order valence-corrected chi connectivity index (χ3v) is 1.68. The van der Waals surface area contributed by atoms with E-state index < -0.39 is 23.8 Å². The number of hydrogen-bond donors (Lipinski definition) is 3. The van der Waals surface area contributed by atoms with E-state index in [1.807, 2.05) is 0 Å². The van der Waals surface area contributed by atoms with Gasteiger partial charge in [0, 0.05) is 0 Å². The van der Waals surface area contributed by atoms with E-state index in [-0.39, 0.29) is 0 Å². The number of carbonyl (C=O) groups is 1. The van der Waals surface area contributed by atoms with Crippen molar-refractivity contribution in [2.75, 3.05) is 6.61 Å². The van der Waals surface area contributed by atoms with Crippen molar-refractivity contribution < 1.29 is 20.1 Å². The highest BCUT2D eigenvalue weighted by atomic mass is 16.4. The Morgan fingerprint density at radius 1 is 1.33 bits per heavy atom. The Morgan fingerprint density at radius 2 is 1.75 bits per heavy atom. The van der Waals surface area contributed by atoms with Crippen molar-refractivity contribution >= 4 is 5.78 Å². The fourth-order valence-electron chi connectivity index (χ4n) is 0.767. The molecule has 0 saturated carbocycles. The number of Topliss-reactive ketones (excluding diaryl/α,β-unsaturated/α-hetero) is 1. The zero-order chi connectivity index (χ0) is 9.94. The summed E-state index contributed by atoms with van der Waals surface area (Å²) in [5.41, 5.74) is -1.72. The fourth-order valence-corrected chi connectivity index (χ4v) is 0.767. The predicted octanol–water partition coefficient (Wildman–Crippen LogP) is 0.151. The molecule has 4 heteroatoms. The summed E-state index contributed by atoms with van der Waals surface area (Å²) in [4.78, 5) is 10.8. The second kappa shape index (κ2) is 3.69. The zero-order valence-corrected chi connectivity index (χ0v) is 7.46. The van der Waals surface area contributed by atoms with Crippen LogP contribution in [-0.4, -0.2) is 33.3 Å². The van der Waals surface area contributed by atoms with Gasteiger partial charge < -0.3 is 15.3 Å². The number of aliphatic hydroxyl groups excluding tert-OH is 2. The lowest BCUT2D eigenvalue weighted by Gasteiger charge is -2.22. The number of hydrogen-bond acceptors (Lipinski definition) is 4. The molecule has 0 rings (SSSR count). The summed E-state index contributed by atoms with van der Waals surface area (Å²) in [6, 6.07) is 0. The van der Waals surface area contributed by atoms with Crippen LogP contribution < -0.4 is 0 Å². The maximum atomic E-state index is 10.8. The van der Waals surface area contributed by atoms with E-state index >= 15 is 0 Å². The van der Waals surface area contributed by atoms with Crippen LogP contribution in [0.25, 0.3) is 0 Å². The number of ketones is 1. The average molecular weight is 174 g/mol. The van der Waals surface area contributed by atoms with Crippen LogP contribution in [0.2, 0.25) is 0 Å². The van der Waals surface area contributed by atoms with Crippen LogP contribution in [0.4, 0.5) is 0 Å². The molecule has 0 aromatic rings. The van der Waals surface area contributed by atoms with Crippen LogP contribution in [0.3, 0.4) is 0 Å². The average Bonchev–Trinajstić information content (AvgIpc) is 2.01. The molecular weight excluding hydrogens is 160 g/mol. The third-order valence-electron chi connectivity index (χ3n) is 1.68. The van der Waals surface area contributed by atoms with Gasteiger partial charge in [-0.25, -0.2) is 0 Å². The molecule has 0 aromatic heterocycles. The van der Waals surface area contributed by atoms with E-state index in [1.165, 1.54) is 0 Å². The minimum Gasteiger partial charge on any atom is -0.509 e. The van der Waals surface area contributed by atoms with E-state index in [2.05, 4.69) is 0 Å². The minimum atomic E-state index is -2.13. The van der Waals surface area contributed by atoms with Crippen molar-refractivity contribution in [2.24, 2.45) is 0 Å². The first-order valence-corrected chi connectivity index (χ1v) is 3.57. The molecule has 0 aliphatic rings. The van der Waals surface area contributed by atoms with Gasteiger partial charge in [-0.1, -0.05) is 0 Å². The molecule has 1 unspecified atom stereocenters. The van der Waals surface area contributed by atoms with Gasteiger partial charge in [0.05, 0.1) is 6.61 Å². The molecule has 0 saturated heterocycles. The van der Waals surface area contributed by atoms with E-state index in [9.17, 15) is 15.0 Å². The van der Waals surface area contributed by atoms with Gasteiger partial charge in [-0.2, -0.15) is 0 Å². The molecule has 70 valence electrons. The number of carbonyl (C=O) groups excluding carboxylic acids is 1. The van der Waals surface area contributed by atoms with Crippen LogP contribution in [0.15, 0.2) is 11.3 Å². The molecule has 0 bridgehead atoms. The maximum Gasteiger partial charge on any atom is 0.202 e. The third kappa shape index (κ3) is 1.84. The van der Waals surface area contributed by atoms with Gasteiger partial charge in [-0.3, -0.25) is 4.79 Å². The van der Waals surface area contributed by atoms with E-state index in [0.29, 0.717) is 5.57 Å². The predicted molar refractivity (Wildman–Crippen MR) is 43.7 cm³/mol.